The molecule has 0 saturated heterocycles. The Hall–Kier alpha value is -4.37. The summed E-state index contributed by atoms with van der Waals surface area (Å²) in [6, 6.07) is 47.7. The number of rotatable bonds is 3. The van der Waals surface area contributed by atoms with Crippen molar-refractivity contribution < 1.29 is 0 Å². The third-order valence-corrected chi connectivity index (χ3v) is 9.07. The second-order valence-corrected chi connectivity index (χ2v) is 11.4. The number of hydrogen-bond donors (Lipinski definition) is 0. The highest BCUT2D eigenvalue weighted by Gasteiger charge is 2.14. The van der Waals surface area contributed by atoms with E-state index in [9.17, 15) is 0 Å². The maximum atomic E-state index is 6.77. The molecule has 0 amide bonds. The van der Waals surface area contributed by atoms with Crippen LogP contribution in [0, 0.1) is 0 Å². The van der Waals surface area contributed by atoms with Crippen LogP contribution in [0.1, 0.15) is 0 Å². The molecule has 6 aromatic carbocycles. The number of benzene rings is 6. The number of nitrogens with zero attached hydrogens (tertiary/aromatic N) is 1. The van der Waals surface area contributed by atoms with Gasteiger partial charge in [-0.15, -0.1) is 11.3 Å². The smallest absolute Gasteiger partial charge is 0.0541 e. The fraction of sp³-hybridized carbons (Fsp3) is 0. The topological polar surface area (TPSA) is 4.93 Å². The van der Waals surface area contributed by atoms with Gasteiger partial charge in [0.1, 0.15) is 0 Å². The Morgan fingerprint density at radius 2 is 1.13 bits per heavy atom. The second kappa shape index (κ2) is 8.84. The summed E-state index contributed by atoms with van der Waals surface area (Å²) in [5, 5.41) is 5.87. The van der Waals surface area contributed by atoms with E-state index in [0.29, 0.717) is 0 Å². The normalized spacial score (nSPS) is 11.7. The molecule has 0 aliphatic rings. The summed E-state index contributed by atoms with van der Waals surface area (Å²) < 4.78 is 4.96. The first-order chi connectivity index (χ1) is 19.2. The van der Waals surface area contributed by atoms with Gasteiger partial charge in [-0.05, 0) is 70.8 Å². The lowest BCUT2D eigenvalue weighted by Crippen LogP contribution is -1.94. The largest absolute Gasteiger partial charge is 0.309 e. The lowest BCUT2D eigenvalue weighted by atomic mass is 9.97. The Kier molecular flexibility index (Phi) is 5.12. The minimum atomic E-state index is 0.739. The predicted octanol–water partition coefficient (Wildman–Crippen LogP) is 11.1. The Morgan fingerprint density at radius 1 is 0.487 bits per heavy atom. The Bertz CT molecular complexity index is 2150. The van der Waals surface area contributed by atoms with Crippen molar-refractivity contribution in [2.24, 2.45) is 0 Å². The minimum absolute atomic E-state index is 0.739. The summed E-state index contributed by atoms with van der Waals surface area (Å²) >= 11 is 8.62. The molecule has 0 aliphatic heterocycles. The SMILES string of the molecule is Clc1cc(-c2cccc(-n3c4ccccc4c4ccccc43)c2)cc(-c2cccc3c2sc2ccccc23)c1. The van der Waals surface area contributed by atoms with Crippen LogP contribution in [0.25, 0.3) is 69.9 Å². The van der Waals surface area contributed by atoms with Gasteiger partial charge in [0.15, 0.2) is 0 Å². The monoisotopic (exact) mass is 535 g/mol. The molecule has 1 nitrogen and oxygen atoms in total. The van der Waals surface area contributed by atoms with Crippen molar-refractivity contribution >= 4 is 64.9 Å². The van der Waals surface area contributed by atoms with E-state index in [2.05, 4.69) is 138 Å². The van der Waals surface area contributed by atoms with Crippen molar-refractivity contribution in [2.75, 3.05) is 0 Å². The molecule has 0 spiro atoms. The molecule has 2 aromatic heterocycles. The zero-order valence-electron chi connectivity index (χ0n) is 20.9. The van der Waals surface area contributed by atoms with Gasteiger partial charge in [0, 0.05) is 41.7 Å². The fourth-order valence-corrected chi connectivity index (χ4v) is 7.38. The van der Waals surface area contributed by atoms with Crippen LogP contribution < -0.4 is 0 Å². The summed E-state index contributed by atoms with van der Waals surface area (Å²) in [6.07, 6.45) is 0. The Morgan fingerprint density at radius 3 is 1.92 bits per heavy atom. The zero-order chi connectivity index (χ0) is 25.9. The maximum Gasteiger partial charge on any atom is 0.0541 e. The molecule has 0 atom stereocenters. The molecule has 184 valence electrons. The van der Waals surface area contributed by atoms with Crippen molar-refractivity contribution in [3.05, 3.63) is 138 Å². The van der Waals surface area contributed by atoms with Crippen LogP contribution in [-0.2, 0) is 0 Å². The van der Waals surface area contributed by atoms with Gasteiger partial charge >= 0.3 is 0 Å². The van der Waals surface area contributed by atoms with E-state index in [1.54, 1.807) is 0 Å². The van der Waals surface area contributed by atoms with Crippen LogP contribution >= 0.6 is 22.9 Å². The quantitative estimate of drug-likeness (QED) is 0.212. The molecular weight excluding hydrogens is 514 g/mol. The number of fused-ring (bicyclic) bond motifs is 6. The standard InChI is InChI=1S/C36H22ClNS/c37-26-20-24(19-25(21-26)28-14-8-15-32-31-13-3-6-18-35(31)39-36(28)32)23-9-7-10-27(22-23)38-33-16-4-1-11-29(33)30-12-2-5-17-34(30)38/h1-22H. The molecule has 8 aromatic rings. The molecule has 39 heavy (non-hydrogen) atoms. The van der Waals surface area contributed by atoms with Crippen LogP contribution in [0.15, 0.2) is 133 Å². The Labute approximate surface area is 235 Å². The molecule has 2 heterocycles. The highest BCUT2D eigenvalue weighted by molar-refractivity contribution is 7.26. The highest BCUT2D eigenvalue weighted by atomic mass is 35.5. The van der Waals surface area contributed by atoms with Crippen molar-refractivity contribution in [1.29, 1.82) is 0 Å². The second-order valence-electron chi connectivity index (χ2n) is 9.93. The summed E-state index contributed by atoms with van der Waals surface area (Å²) in [4.78, 5) is 0. The molecule has 0 unspecified atom stereocenters. The number of thiophene rings is 1. The number of aromatic nitrogens is 1. The van der Waals surface area contributed by atoms with Crippen LogP contribution in [-0.4, -0.2) is 4.57 Å². The van der Waals surface area contributed by atoms with E-state index in [1.165, 1.54) is 47.5 Å². The van der Waals surface area contributed by atoms with Gasteiger partial charge in [0.25, 0.3) is 0 Å². The number of hydrogen-bond acceptors (Lipinski definition) is 1. The first-order valence-corrected chi connectivity index (χ1v) is 14.2. The van der Waals surface area contributed by atoms with Crippen LogP contribution in [0.5, 0.6) is 0 Å². The van der Waals surface area contributed by atoms with Gasteiger partial charge < -0.3 is 4.57 Å². The average molecular weight is 536 g/mol. The number of halogens is 1. The molecule has 0 N–H and O–H groups in total. The minimum Gasteiger partial charge on any atom is -0.309 e. The zero-order valence-corrected chi connectivity index (χ0v) is 22.5. The van der Waals surface area contributed by atoms with Gasteiger partial charge in [-0.1, -0.05) is 96.5 Å². The first-order valence-electron chi connectivity index (χ1n) is 13.0. The Balaban J connectivity index is 1.31. The van der Waals surface area contributed by atoms with Gasteiger partial charge in [-0.25, -0.2) is 0 Å². The maximum absolute atomic E-state index is 6.77. The highest BCUT2D eigenvalue weighted by Crippen LogP contribution is 2.41. The fourth-order valence-electron chi connectivity index (χ4n) is 5.91. The summed E-state index contributed by atoms with van der Waals surface area (Å²) in [5.41, 5.74) is 8.16. The molecule has 0 aliphatic carbocycles. The third kappa shape index (κ3) is 3.60. The molecular formula is C36H22ClNS. The van der Waals surface area contributed by atoms with Gasteiger partial charge in [-0.2, -0.15) is 0 Å². The molecule has 3 heteroatoms. The van der Waals surface area contributed by atoms with E-state index in [4.69, 9.17) is 11.6 Å². The van der Waals surface area contributed by atoms with E-state index in [-0.39, 0.29) is 0 Å². The van der Waals surface area contributed by atoms with Crippen LogP contribution in [0.3, 0.4) is 0 Å². The average Bonchev–Trinajstić information content (AvgIpc) is 3.53. The predicted molar refractivity (Wildman–Crippen MR) is 170 cm³/mol. The molecule has 0 radical (unpaired) electrons. The van der Waals surface area contributed by atoms with Crippen molar-refractivity contribution in [3.8, 4) is 27.9 Å². The third-order valence-electron chi connectivity index (χ3n) is 7.63. The van der Waals surface area contributed by atoms with E-state index in [1.807, 2.05) is 11.3 Å². The lowest BCUT2D eigenvalue weighted by molar-refractivity contribution is 1.18. The number of para-hydroxylation sites is 2. The van der Waals surface area contributed by atoms with Crippen molar-refractivity contribution in [3.63, 3.8) is 0 Å². The van der Waals surface area contributed by atoms with E-state index in [0.717, 1.165) is 27.4 Å². The molecule has 0 saturated carbocycles. The van der Waals surface area contributed by atoms with Gasteiger partial charge in [0.2, 0.25) is 0 Å². The van der Waals surface area contributed by atoms with Gasteiger partial charge in [-0.3, -0.25) is 0 Å². The molecule has 8 rings (SSSR count). The van der Waals surface area contributed by atoms with Crippen molar-refractivity contribution in [1.82, 2.24) is 4.57 Å². The lowest BCUT2D eigenvalue weighted by Gasteiger charge is -2.12. The summed E-state index contributed by atoms with van der Waals surface area (Å²) in [5.74, 6) is 0. The van der Waals surface area contributed by atoms with Crippen molar-refractivity contribution in [2.45, 2.75) is 0 Å². The van der Waals surface area contributed by atoms with Crippen LogP contribution in [0.4, 0.5) is 0 Å². The van der Waals surface area contributed by atoms with E-state index < -0.39 is 0 Å². The molecule has 0 bridgehead atoms. The van der Waals surface area contributed by atoms with Gasteiger partial charge in [0.05, 0.1) is 11.0 Å². The van der Waals surface area contributed by atoms with E-state index >= 15 is 0 Å². The summed E-state index contributed by atoms with van der Waals surface area (Å²) in [7, 11) is 0. The molecule has 0 fully saturated rings. The summed E-state index contributed by atoms with van der Waals surface area (Å²) in [6.45, 7) is 0. The first kappa shape index (κ1) is 22.6. The van der Waals surface area contributed by atoms with Crippen LogP contribution in [0.2, 0.25) is 5.02 Å².